The summed E-state index contributed by atoms with van der Waals surface area (Å²) in [5, 5.41) is 0.904. The van der Waals surface area contributed by atoms with Crippen molar-refractivity contribution in [3.8, 4) is 0 Å². The number of rotatable bonds is 5. The molecule has 0 nitrogen and oxygen atoms in total. The minimum atomic E-state index is -2.74. The van der Waals surface area contributed by atoms with Gasteiger partial charge in [0, 0.05) is 0 Å². The monoisotopic (exact) mass is 208 g/mol. The predicted molar refractivity (Wildman–Crippen MR) is 63.0 cm³/mol. The molecule has 0 amide bonds. The summed E-state index contributed by atoms with van der Waals surface area (Å²) in [6, 6.07) is 10.8. The maximum atomic E-state index is 14.6. The zero-order chi connectivity index (χ0) is 10.4. The number of hydrogen-bond acceptors (Lipinski definition) is 0. The van der Waals surface area contributed by atoms with Gasteiger partial charge >= 0.3 is 0 Å². The lowest BCUT2D eigenvalue weighted by molar-refractivity contribution is 0.775. The first-order valence-electron chi connectivity index (χ1n) is 5.08. The van der Waals surface area contributed by atoms with Gasteiger partial charge in [-0.3, -0.25) is 0 Å². The van der Waals surface area contributed by atoms with Crippen molar-refractivity contribution in [3.63, 3.8) is 0 Å². The first-order chi connectivity index (χ1) is 6.73. The lowest BCUT2D eigenvalue weighted by atomic mass is 10.4. The van der Waals surface area contributed by atoms with Gasteiger partial charge in [0.05, 0.1) is 0 Å². The summed E-state index contributed by atoms with van der Waals surface area (Å²) in [5.74, 6) is 0. The Morgan fingerprint density at radius 2 is 2.00 bits per heavy atom. The summed E-state index contributed by atoms with van der Waals surface area (Å²) in [5.41, 5.74) is 0. The highest BCUT2D eigenvalue weighted by Gasteiger charge is 2.33. The van der Waals surface area contributed by atoms with E-state index in [4.69, 9.17) is 0 Å². The SMILES string of the molecule is C=CC[Si](F)(CCC)c1ccccc1. The maximum Gasteiger partial charge on any atom is 0.281 e. The second-order valence-corrected chi connectivity index (χ2v) is 6.99. The van der Waals surface area contributed by atoms with Gasteiger partial charge < -0.3 is 4.11 Å². The molecule has 14 heavy (non-hydrogen) atoms. The fraction of sp³-hybridized carbons (Fsp3) is 0.333. The van der Waals surface area contributed by atoms with Crippen molar-refractivity contribution in [2.75, 3.05) is 0 Å². The van der Waals surface area contributed by atoms with Crippen LogP contribution in [0.25, 0.3) is 0 Å². The van der Waals surface area contributed by atoms with Gasteiger partial charge in [-0.05, 0) is 17.3 Å². The number of benzene rings is 1. The normalized spacial score (nSPS) is 14.7. The van der Waals surface area contributed by atoms with Crippen molar-refractivity contribution in [1.82, 2.24) is 0 Å². The Morgan fingerprint density at radius 3 is 2.50 bits per heavy atom. The van der Waals surface area contributed by atoms with Gasteiger partial charge in [-0.25, -0.2) is 0 Å². The van der Waals surface area contributed by atoms with Gasteiger partial charge in [0.1, 0.15) is 0 Å². The van der Waals surface area contributed by atoms with E-state index in [1.165, 1.54) is 0 Å². The highest BCUT2D eigenvalue weighted by atomic mass is 28.4. The van der Waals surface area contributed by atoms with Crippen LogP contribution < -0.4 is 5.19 Å². The summed E-state index contributed by atoms with van der Waals surface area (Å²) < 4.78 is 14.6. The van der Waals surface area contributed by atoms with Crippen LogP contribution in [0.2, 0.25) is 12.1 Å². The minimum Gasteiger partial charge on any atom is -0.307 e. The van der Waals surface area contributed by atoms with E-state index in [1.54, 1.807) is 6.08 Å². The standard InChI is InChI=1S/C12H17FSi/c1-3-10-14(13,11-4-2)12-8-6-5-7-9-12/h3,5-9H,1,4,10-11H2,2H3. The molecule has 0 aliphatic heterocycles. The second kappa shape index (κ2) is 5.10. The van der Waals surface area contributed by atoms with E-state index in [9.17, 15) is 4.11 Å². The average molecular weight is 208 g/mol. The zero-order valence-electron chi connectivity index (χ0n) is 8.67. The molecule has 0 fully saturated rings. The fourth-order valence-corrected chi connectivity index (χ4v) is 4.49. The van der Waals surface area contributed by atoms with E-state index >= 15 is 0 Å². The Morgan fingerprint density at radius 1 is 1.36 bits per heavy atom. The van der Waals surface area contributed by atoms with Crippen LogP contribution in [0.3, 0.4) is 0 Å². The first kappa shape index (κ1) is 11.2. The molecule has 1 unspecified atom stereocenters. The van der Waals surface area contributed by atoms with Crippen molar-refractivity contribution in [3.05, 3.63) is 43.0 Å². The number of hydrogen-bond donors (Lipinski definition) is 0. The lowest BCUT2D eigenvalue weighted by Gasteiger charge is -2.20. The molecular formula is C12H17FSi. The van der Waals surface area contributed by atoms with Crippen LogP contribution in [-0.2, 0) is 0 Å². The third-order valence-electron chi connectivity index (χ3n) is 2.41. The summed E-state index contributed by atoms with van der Waals surface area (Å²) in [7, 11) is -2.74. The topological polar surface area (TPSA) is 0 Å². The Balaban J connectivity index is 2.92. The van der Waals surface area contributed by atoms with Crippen LogP contribution in [-0.4, -0.2) is 8.41 Å². The molecular weight excluding hydrogens is 191 g/mol. The van der Waals surface area contributed by atoms with Gasteiger partial charge in [-0.2, -0.15) is 0 Å². The van der Waals surface area contributed by atoms with E-state index in [0.717, 1.165) is 11.6 Å². The van der Waals surface area contributed by atoms with Crippen LogP contribution >= 0.6 is 0 Å². The van der Waals surface area contributed by atoms with E-state index in [1.807, 2.05) is 37.3 Å². The predicted octanol–water partition coefficient (Wildman–Crippen LogP) is 3.40. The highest BCUT2D eigenvalue weighted by molar-refractivity contribution is 6.86. The Bertz CT molecular complexity index is 284. The molecule has 1 aromatic carbocycles. The van der Waals surface area contributed by atoms with Crippen molar-refractivity contribution in [2.24, 2.45) is 0 Å². The lowest BCUT2D eigenvalue weighted by Crippen LogP contribution is -2.42. The molecule has 0 spiro atoms. The van der Waals surface area contributed by atoms with Gasteiger partial charge in [0.2, 0.25) is 0 Å². The fourth-order valence-electron chi connectivity index (χ4n) is 1.73. The van der Waals surface area contributed by atoms with Gasteiger partial charge in [0.15, 0.2) is 0 Å². The van der Waals surface area contributed by atoms with Crippen LogP contribution in [0.15, 0.2) is 43.0 Å². The quantitative estimate of drug-likeness (QED) is 0.395. The molecule has 0 aromatic heterocycles. The summed E-state index contributed by atoms with van der Waals surface area (Å²) in [6.45, 7) is 5.68. The molecule has 2 heteroatoms. The van der Waals surface area contributed by atoms with Crippen molar-refractivity contribution in [2.45, 2.75) is 25.4 Å². The van der Waals surface area contributed by atoms with E-state index in [2.05, 4.69) is 6.58 Å². The summed E-state index contributed by atoms with van der Waals surface area (Å²) in [6.07, 6.45) is 2.63. The molecule has 1 atom stereocenters. The Kier molecular flexibility index (Phi) is 4.08. The third-order valence-corrected chi connectivity index (χ3v) is 6.00. The number of halogens is 1. The van der Waals surface area contributed by atoms with Gasteiger partial charge in [-0.1, -0.05) is 49.8 Å². The molecule has 0 saturated heterocycles. The smallest absolute Gasteiger partial charge is 0.281 e. The molecule has 0 N–H and O–H groups in total. The molecule has 0 bridgehead atoms. The van der Waals surface area contributed by atoms with E-state index in [0.29, 0.717) is 12.1 Å². The molecule has 0 heterocycles. The second-order valence-electron chi connectivity index (χ2n) is 3.57. The van der Waals surface area contributed by atoms with Gasteiger partial charge in [0.25, 0.3) is 8.41 Å². The van der Waals surface area contributed by atoms with E-state index in [-0.39, 0.29) is 0 Å². The van der Waals surface area contributed by atoms with Crippen molar-refractivity contribution < 1.29 is 4.11 Å². The number of allylic oxidation sites excluding steroid dienone is 1. The Labute approximate surface area is 86.7 Å². The third kappa shape index (κ3) is 2.55. The molecule has 1 aromatic rings. The molecule has 1 rings (SSSR count). The maximum absolute atomic E-state index is 14.6. The molecule has 0 radical (unpaired) electrons. The van der Waals surface area contributed by atoms with Crippen LogP contribution in [0.1, 0.15) is 13.3 Å². The largest absolute Gasteiger partial charge is 0.307 e. The molecule has 0 aliphatic carbocycles. The first-order valence-corrected chi connectivity index (χ1v) is 7.37. The van der Waals surface area contributed by atoms with Gasteiger partial charge in [-0.15, -0.1) is 6.58 Å². The zero-order valence-corrected chi connectivity index (χ0v) is 9.67. The minimum absolute atomic E-state index is 0.533. The summed E-state index contributed by atoms with van der Waals surface area (Å²) >= 11 is 0. The highest BCUT2D eigenvalue weighted by Crippen LogP contribution is 2.19. The van der Waals surface area contributed by atoms with E-state index < -0.39 is 8.41 Å². The average Bonchev–Trinajstić information content (AvgIpc) is 2.20. The van der Waals surface area contributed by atoms with Crippen LogP contribution in [0.4, 0.5) is 4.11 Å². The molecule has 76 valence electrons. The van der Waals surface area contributed by atoms with Crippen molar-refractivity contribution in [1.29, 1.82) is 0 Å². The van der Waals surface area contributed by atoms with Crippen LogP contribution in [0.5, 0.6) is 0 Å². The molecule has 0 aliphatic rings. The van der Waals surface area contributed by atoms with Crippen molar-refractivity contribution >= 4 is 13.6 Å². The molecule has 0 saturated carbocycles. The summed E-state index contributed by atoms with van der Waals surface area (Å²) in [4.78, 5) is 0. The Hall–Kier alpha value is -0.893. The van der Waals surface area contributed by atoms with Crippen LogP contribution in [0, 0.1) is 0 Å².